The maximum Gasteiger partial charge on any atom is 0.218 e. The van der Waals surface area contributed by atoms with Crippen LogP contribution in [-0.2, 0) is 0 Å². The van der Waals surface area contributed by atoms with E-state index in [1.165, 1.54) is 12.8 Å². The van der Waals surface area contributed by atoms with E-state index in [2.05, 4.69) is 14.9 Å². The number of hydrogen-bond acceptors (Lipinski definition) is 4. The first-order valence-electron chi connectivity index (χ1n) is 7.04. The Hall–Kier alpha value is -1.03. The van der Waals surface area contributed by atoms with Gasteiger partial charge in [-0.05, 0) is 39.5 Å². The Balaban J connectivity index is 1.82. The number of alkyl halides is 1. The molecule has 3 heterocycles. The van der Waals surface area contributed by atoms with E-state index < -0.39 is 0 Å². The maximum absolute atomic E-state index is 6.32. The van der Waals surface area contributed by atoms with Crippen LogP contribution in [0, 0.1) is 0 Å². The van der Waals surface area contributed by atoms with Gasteiger partial charge in [-0.1, -0.05) is 0 Å². The third kappa shape index (κ3) is 2.64. The minimum absolute atomic E-state index is 0.132. The molecule has 0 aromatic carbocycles. The first-order valence-corrected chi connectivity index (χ1v) is 7.48. The van der Waals surface area contributed by atoms with Gasteiger partial charge in [0.15, 0.2) is 0 Å². The number of aromatic nitrogens is 2. The molecule has 2 unspecified atom stereocenters. The highest BCUT2D eigenvalue weighted by Crippen LogP contribution is 2.40. The van der Waals surface area contributed by atoms with E-state index in [9.17, 15) is 0 Å². The van der Waals surface area contributed by atoms with Crippen molar-refractivity contribution in [2.45, 2.75) is 63.1 Å². The number of ether oxygens (including phenoxy) is 1. The molecule has 0 spiro atoms. The van der Waals surface area contributed by atoms with Crippen LogP contribution in [-0.4, -0.2) is 33.5 Å². The van der Waals surface area contributed by atoms with Crippen LogP contribution in [0.2, 0.25) is 0 Å². The van der Waals surface area contributed by atoms with Crippen molar-refractivity contribution >= 4 is 17.4 Å². The van der Waals surface area contributed by atoms with Crippen molar-refractivity contribution in [1.29, 1.82) is 0 Å². The van der Waals surface area contributed by atoms with Crippen molar-refractivity contribution < 1.29 is 4.74 Å². The van der Waals surface area contributed by atoms with Crippen LogP contribution in [0.4, 0.5) is 5.82 Å². The Morgan fingerprint density at radius 1 is 1.26 bits per heavy atom. The lowest BCUT2D eigenvalue weighted by Gasteiger charge is -2.37. The Kier molecular flexibility index (Phi) is 3.52. The molecular formula is C14H20ClN3O. The van der Waals surface area contributed by atoms with Crippen LogP contribution in [0.5, 0.6) is 5.88 Å². The van der Waals surface area contributed by atoms with Gasteiger partial charge in [0, 0.05) is 23.5 Å². The summed E-state index contributed by atoms with van der Waals surface area (Å²) in [5, 5.41) is 0.321. The molecule has 1 aromatic heterocycles. The van der Waals surface area contributed by atoms with E-state index in [1.807, 2.05) is 19.9 Å². The number of nitrogens with zero attached hydrogens (tertiary/aromatic N) is 3. The van der Waals surface area contributed by atoms with Crippen LogP contribution < -0.4 is 9.64 Å². The summed E-state index contributed by atoms with van der Waals surface area (Å²) in [5.41, 5.74) is 0. The van der Waals surface area contributed by atoms with E-state index in [1.54, 1.807) is 6.33 Å². The summed E-state index contributed by atoms with van der Waals surface area (Å²) in [6.07, 6.45) is 6.29. The van der Waals surface area contributed by atoms with E-state index in [0.29, 0.717) is 23.3 Å². The minimum Gasteiger partial charge on any atom is -0.475 e. The Bertz CT molecular complexity index is 440. The SMILES string of the molecule is CC(C)Oc1cc(N2C3CCC2CC(Cl)C3)ncn1. The van der Waals surface area contributed by atoms with Gasteiger partial charge in [0.1, 0.15) is 12.1 Å². The molecular weight excluding hydrogens is 262 g/mol. The third-order valence-electron chi connectivity index (χ3n) is 3.92. The molecule has 0 radical (unpaired) electrons. The lowest BCUT2D eigenvalue weighted by molar-refractivity contribution is 0.232. The highest BCUT2D eigenvalue weighted by Gasteiger charge is 2.40. The molecule has 0 aliphatic carbocycles. The lowest BCUT2D eigenvalue weighted by atomic mass is 10.0. The van der Waals surface area contributed by atoms with Gasteiger partial charge in [-0.15, -0.1) is 11.6 Å². The molecule has 2 aliphatic heterocycles. The predicted molar refractivity (Wildman–Crippen MR) is 76.0 cm³/mol. The molecule has 0 N–H and O–H groups in total. The fourth-order valence-electron chi connectivity index (χ4n) is 3.26. The lowest BCUT2D eigenvalue weighted by Crippen LogP contribution is -2.43. The van der Waals surface area contributed by atoms with Crippen molar-refractivity contribution in [1.82, 2.24) is 9.97 Å². The molecule has 2 bridgehead atoms. The number of halogens is 1. The normalized spacial score (nSPS) is 29.9. The quantitative estimate of drug-likeness (QED) is 0.799. The monoisotopic (exact) mass is 281 g/mol. The molecule has 2 aliphatic rings. The fraction of sp³-hybridized carbons (Fsp3) is 0.714. The molecule has 3 rings (SSSR count). The molecule has 2 fully saturated rings. The van der Waals surface area contributed by atoms with Gasteiger partial charge >= 0.3 is 0 Å². The van der Waals surface area contributed by atoms with Crippen LogP contribution in [0.15, 0.2) is 12.4 Å². The summed E-state index contributed by atoms with van der Waals surface area (Å²) in [5.74, 6) is 1.65. The number of rotatable bonds is 3. The molecule has 2 saturated heterocycles. The Morgan fingerprint density at radius 2 is 1.95 bits per heavy atom. The summed E-state index contributed by atoms with van der Waals surface area (Å²) in [4.78, 5) is 11.0. The first kappa shape index (κ1) is 13.0. The zero-order valence-corrected chi connectivity index (χ0v) is 12.2. The fourth-order valence-corrected chi connectivity index (χ4v) is 3.67. The average Bonchev–Trinajstić information content (AvgIpc) is 2.61. The van der Waals surface area contributed by atoms with Crippen molar-refractivity contribution in [3.63, 3.8) is 0 Å². The molecule has 4 nitrogen and oxygen atoms in total. The van der Waals surface area contributed by atoms with Gasteiger partial charge in [-0.2, -0.15) is 0 Å². The zero-order valence-electron chi connectivity index (χ0n) is 11.4. The highest BCUT2D eigenvalue weighted by atomic mass is 35.5. The van der Waals surface area contributed by atoms with Crippen LogP contribution in [0.1, 0.15) is 39.5 Å². The van der Waals surface area contributed by atoms with Gasteiger partial charge in [-0.25, -0.2) is 9.97 Å². The molecule has 2 atom stereocenters. The van der Waals surface area contributed by atoms with E-state index >= 15 is 0 Å². The van der Waals surface area contributed by atoms with Gasteiger partial charge in [-0.3, -0.25) is 0 Å². The van der Waals surface area contributed by atoms with Gasteiger partial charge in [0.25, 0.3) is 0 Å². The second kappa shape index (κ2) is 5.16. The molecule has 0 amide bonds. The summed E-state index contributed by atoms with van der Waals surface area (Å²) in [6, 6.07) is 3.02. The summed E-state index contributed by atoms with van der Waals surface area (Å²) in [6.45, 7) is 4.01. The standard InChI is InChI=1S/C14H20ClN3O/c1-9(2)19-14-7-13(16-8-17-14)18-11-3-4-12(18)6-10(15)5-11/h7-12H,3-6H2,1-2H3. The molecule has 0 saturated carbocycles. The second-order valence-electron chi connectivity index (χ2n) is 5.74. The summed E-state index contributed by atoms with van der Waals surface area (Å²) < 4.78 is 5.65. The van der Waals surface area contributed by atoms with E-state index in [0.717, 1.165) is 18.7 Å². The van der Waals surface area contributed by atoms with Crippen LogP contribution in [0.25, 0.3) is 0 Å². The van der Waals surface area contributed by atoms with Crippen molar-refractivity contribution in [2.24, 2.45) is 0 Å². The predicted octanol–water partition coefficient (Wildman–Crippen LogP) is 3.00. The largest absolute Gasteiger partial charge is 0.475 e. The molecule has 19 heavy (non-hydrogen) atoms. The topological polar surface area (TPSA) is 38.2 Å². The minimum atomic E-state index is 0.132. The zero-order chi connectivity index (χ0) is 13.4. The smallest absolute Gasteiger partial charge is 0.218 e. The van der Waals surface area contributed by atoms with Crippen molar-refractivity contribution in [3.05, 3.63) is 12.4 Å². The van der Waals surface area contributed by atoms with Crippen LogP contribution >= 0.6 is 11.6 Å². The van der Waals surface area contributed by atoms with Gasteiger partial charge < -0.3 is 9.64 Å². The molecule has 1 aromatic rings. The number of hydrogen-bond donors (Lipinski definition) is 0. The van der Waals surface area contributed by atoms with Gasteiger partial charge in [0.05, 0.1) is 6.10 Å². The number of piperidine rings is 1. The van der Waals surface area contributed by atoms with Crippen molar-refractivity contribution in [2.75, 3.05) is 4.90 Å². The highest BCUT2D eigenvalue weighted by molar-refractivity contribution is 6.20. The maximum atomic E-state index is 6.32. The van der Waals surface area contributed by atoms with E-state index in [-0.39, 0.29) is 6.10 Å². The summed E-state index contributed by atoms with van der Waals surface area (Å²) >= 11 is 6.32. The van der Waals surface area contributed by atoms with E-state index in [4.69, 9.17) is 16.3 Å². The van der Waals surface area contributed by atoms with Gasteiger partial charge in [0.2, 0.25) is 5.88 Å². The first-order chi connectivity index (χ1) is 9.13. The van der Waals surface area contributed by atoms with Crippen LogP contribution in [0.3, 0.4) is 0 Å². The Labute approximate surface area is 119 Å². The Morgan fingerprint density at radius 3 is 2.58 bits per heavy atom. The number of fused-ring (bicyclic) bond motifs is 2. The average molecular weight is 282 g/mol. The molecule has 104 valence electrons. The molecule has 5 heteroatoms. The summed E-state index contributed by atoms with van der Waals surface area (Å²) in [7, 11) is 0. The second-order valence-corrected chi connectivity index (χ2v) is 6.36. The number of anilines is 1. The third-order valence-corrected chi connectivity index (χ3v) is 4.28. The van der Waals surface area contributed by atoms with Crippen molar-refractivity contribution in [3.8, 4) is 5.88 Å².